The van der Waals surface area contributed by atoms with Crippen LogP contribution in [-0.2, 0) is 0 Å². The lowest BCUT2D eigenvalue weighted by molar-refractivity contribution is -0.555. The van der Waals surface area contributed by atoms with Crippen LogP contribution in [0, 0.1) is 0 Å². The van der Waals surface area contributed by atoms with Crippen LogP contribution >= 0.6 is 0 Å². The molecule has 66 valence electrons. The molecule has 0 bridgehead atoms. The van der Waals surface area contributed by atoms with Gasteiger partial charge in [-0.3, -0.25) is 0 Å². The smallest absolute Gasteiger partial charge is 0.214 e. The number of carbonyl (C=O) groups excluding carboxylic acids is 1. The minimum atomic E-state index is 0.0659. The van der Waals surface area contributed by atoms with E-state index in [0.29, 0.717) is 0 Å². The molecule has 0 saturated carbocycles. The number of hydrogen-bond acceptors (Lipinski definition) is 1. The van der Waals surface area contributed by atoms with Crippen LogP contribution in [0.2, 0.25) is 0 Å². The Morgan fingerprint density at radius 1 is 0.857 bits per heavy atom. The molecular formula is C12H8NO+. The average Bonchev–Trinajstić information content (AvgIpc) is 2.55. The highest BCUT2D eigenvalue weighted by Gasteiger charge is 2.34. The van der Waals surface area contributed by atoms with E-state index in [4.69, 9.17) is 0 Å². The largest absolute Gasteiger partial charge is 0.426 e. The second kappa shape index (κ2) is 2.51. The summed E-state index contributed by atoms with van der Waals surface area (Å²) in [7, 11) is 0. The van der Waals surface area contributed by atoms with E-state index in [1.807, 2.05) is 42.5 Å². The Labute approximate surface area is 81.4 Å². The highest BCUT2D eigenvalue weighted by atomic mass is 16.2. The third-order valence-corrected chi connectivity index (χ3v) is 2.51. The third-order valence-electron chi connectivity index (χ3n) is 2.51. The van der Waals surface area contributed by atoms with Gasteiger partial charge < -0.3 is 0 Å². The second-order valence-electron chi connectivity index (χ2n) is 3.31. The molecule has 1 aromatic heterocycles. The van der Waals surface area contributed by atoms with Crippen molar-refractivity contribution in [2.75, 3.05) is 0 Å². The van der Waals surface area contributed by atoms with Gasteiger partial charge in [0.05, 0.1) is 5.56 Å². The molecule has 2 nitrogen and oxygen atoms in total. The zero-order valence-corrected chi connectivity index (χ0v) is 7.47. The number of benzene rings is 1. The number of rotatable bonds is 0. The molecule has 1 aliphatic heterocycles. The van der Waals surface area contributed by atoms with E-state index < -0.39 is 0 Å². The molecule has 2 heterocycles. The van der Waals surface area contributed by atoms with Crippen molar-refractivity contribution in [1.29, 1.82) is 0 Å². The summed E-state index contributed by atoms with van der Waals surface area (Å²) in [5, 5.41) is 0. The fourth-order valence-electron chi connectivity index (χ4n) is 1.86. The molecule has 1 aliphatic rings. The minimum absolute atomic E-state index is 0.0659. The van der Waals surface area contributed by atoms with Crippen molar-refractivity contribution in [2.24, 2.45) is 0 Å². The van der Waals surface area contributed by atoms with Crippen molar-refractivity contribution in [2.45, 2.75) is 0 Å². The highest BCUT2D eigenvalue weighted by molar-refractivity contribution is 5.99. The lowest BCUT2D eigenvalue weighted by Crippen LogP contribution is -2.39. The zero-order valence-electron chi connectivity index (χ0n) is 7.47. The summed E-state index contributed by atoms with van der Waals surface area (Å²) < 4.78 is 1.69. The molecule has 14 heavy (non-hydrogen) atoms. The van der Waals surface area contributed by atoms with E-state index in [1.165, 1.54) is 0 Å². The maximum absolute atomic E-state index is 11.9. The van der Waals surface area contributed by atoms with E-state index >= 15 is 0 Å². The predicted molar refractivity (Wildman–Crippen MR) is 51.8 cm³/mol. The highest BCUT2D eigenvalue weighted by Crippen LogP contribution is 2.25. The van der Waals surface area contributed by atoms with Gasteiger partial charge in [-0.1, -0.05) is 12.1 Å². The molecular weight excluding hydrogens is 174 g/mol. The number of nitrogens with zero attached hydrogens (tertiary/aromatic N) is 1. The number of carbonyl (C=O) groups is 1. The summed E-state index contributed by atoms with van der Waals surface area (Å²) in [5.74, 6) is 0.0659. The van der Waals surface area contributed by atoms with Crippen LogP contribution in [0.25, 0.3) is 11.3 Å². The van der Waals surface area contributed by atoms with E-state index in [9.17, 15) is 4.79 Å². The molecule has 0 N–H and O–H groups in total. The Hall–Kier alpha value is -1.96. The fraction of sp³-hybridized carbons (Fsp3) is 0. The Morgan fingerprint density at radius 3 is 2.43 bits per heavy atom. The third kappa shape index (κ3) is 0.799. The van der Waals surface area contributed by atoms with Gasteiger partial charge in [0.25, 0.3) is 0 Å². The summed E-state index contributed by atoms with van der Waals surface area (Å²) in [6.07, 6.45) is 1.80. The first-order valence-corrected chi connectivity index (χ1v) is 4.53. The topological polar surface area (TPSA) is 20.9 Å². The van der Waals surface area contributed by atoms with E-state index in [1.54, 1.807) is 10.8 Å². The van der Waals surface area contributed by atoms with Gasteiger partial charge in [0.1, 0.15) is 5.56 Å². The first-order valence-electron chi connectivity index (χ1n) is 4.53. The monoisotopic (exact) mass is 182 g/mol. The van der Waals surface area contributed by atoms with Crippen LogP contribution in [0.3, 0.4) is 0 Å². The minimum Gasteiger partial charge on any atom is -0.214 e. The molecule has 0 radical (unpaired) electrons. The van der Waals surface area contributed by atoms with Gasteiger partial charge in [-0.15, -0.1) is 4.57 Å². The Bertz CT molecular complexity index is 484. The predicted octanol–water partition coefficient (Wildman–Crippen LogP) is 1.64. The van der Waals surface area contributed by atoms with Gasteiger partial charge in [0.15, 0.2) is 6.20 Å². The molecule has 0 unspecified atom stereocenters. The zero-order chi connectivity index (χ0) is 9.54. The summed E-state index contributed by atoms with van der Waals surface area (Å²) in [4.78, 5) is 11.9. The van der Waals surface area contributed by atoms with Gasteiger partial charge in [-0.2, -0.15) is 0 Å². The van der Waals surface area contributed by atoms with E-state index in [-0.39, 0.29) is 5.91 Å². The molecule has 3 rings (SSSR count). The number of fused-ring (bicyclic) bond motifs is 3. The van der Waals surface area contributed by atoms with Crippen molar-refractivity contribution in [1.82, 2.24) is 0 Å². The lowest BCUT2D eigenvalue weighted by Gasteiger charge is -1.89. The first-order chi connectivity index (χ1) is 6.88. The standard InChI is InChI=1S/C12H8NO/c14-12-10-6-2-1-5-9(10)11-7-3-4-8-13(11)12/h1-8H/q+1. The molecule has 2 heteroatoms. The van der Waals surface area contributed by atoms with E-state index in [0.717, 1.165) is 16.8 Å². The number of pyridine rings is 1. The Morgan fingerprint density at radius 2 is 1.57 bits per heavy atom. The average molecular weight is 182 g/mol. The van der Waals surface area contributed by atoms with Crippen molar-refractivity contribution in [3.05, 3.63) is 54.2 Å². The van der Waals surface area contributed by atoms with Crippen molar-refractivity contribution in [3.8, 4) is 11.3 Å². The molecule has 1 aromatic carbocycles. The second-order valence-corrected chi connectivity index (χ2v) is 3.31. The van der Waals surface area contributed by atoms with Crippen molar-refractivity contribution in [3.63, 3.8) is 0 Å². The fourth-order valence-corrected chi connectivity index (χ4v) is 1.86. The quantitative estimate of drug-likeness (QED) is 0.484. The van der Waals surface area contributed by atoms with Crippen LogP contribution in [0.4, 0.5) is 0 Å². The van der Waals surface area contributed by atoms with Gasteiger partial charge in [0.2, 0.25) is 5.69 Å². The van der Waals surface area contributed by atoms with E-state index in [2.05, 4.69) is 0 Å². The van der Waals surface area contributed by atoms with Crippen LogP contribution in [0.5, 0.6) is 0 Å². The summed E-state index contributed by atoms with van der Waals surface area (Å²) in [6.45, 7) is 0. The maximum Gasteiger partial charge on any atom is 0.426 e. The van der Waals surface area contributed by atoms with Gasteiger partial charge in [0, 0.05) is 12.1 Å². The number of hydrogen-bond donors (Lipinski definition) is 0. The normalized spacial score (nSPS) is 12.4. The molecule has 2 aromatic rings. The summed E-state index contributed by atoms with van der Waals surface area (Å²) in [5.41, 5.74) is 2.80. The van der Waals surface area contributed by atoms with Crippen molar-refractivity contribution >= 4 is 5.91 Å². The molecule has 0 aliphatic carbocycles. The number of aromatic nitrogens is 1. The van der Waals surface area contributed by atoms with Crippen molar-refractivity contribution < 1.29 is 9.36 Å². The molecule has 0 fully saturated rings. The summed E-state index contributed by atoms with van der Waals surface area (Å²) >= 11 is 0. The summed E-state index contributed by atoms with van der Waals surface area (Å²) in [6, 6.07) is 13.5. The van der Waals surface area contributed by atoms with Gasteiger partial charge in [-0.25, -0.2) is 4.79 Å². The first kappa shape index (κ1) is 7.44. The van der Waals surface area contributed by atoms with Crippen LogP contribution in [0.1, 0.15) is 10.4 Å². The maximum atomic E-state index is 11.9. The molecule has 0 saturated heterocycles. The SMILES string of the molecule is O=C1c2ccccc2-c2cccc[n+]21. The molecule has 0 spiro atoms. The Kier molecular flexibility index (Phi) is 1.34. The van der Waals surface area contributed by atoms with Gasteiger partial charge >= 0.3 is 5.91 Å². The molecule has 0 amide bonds. The van der Waals surface area contributed by atoms with Crippen LogP contribution < -0.4 is 4.57 Å². The Balaban J connectivity index is 2.42. The lowest BCUT2D eigenvalue weighted by atomic mass is 10.1. The molecule has 0 atom stereocenters. The van der Waals surface area contributed by atoms with Crippen LogP contribution in [0.15, 0.2) is 48.7 Å². The van der Waals surface area contributed by atoms with Gasteiger partial charge in [-0.05, 0) is 18.2 Å². The van der Waals surface area contributed by atoms with Crippen LogP contribution in [-0.4, -0.2) is 5.91 Å².